The minimum Gasteiger partial charge on any atom is -0.346 e. The van der Waals surface area contributed by atoms with Gasteiger partial charge in [0, 0.05) is 28.8 Å². The van der Waals surface area contributed by atoms with Gasteiger partial charge in [0.25, 0.3) is 23.0 Å². The summed E-state index contributed by atoms with van der Waals surface area (Å²) < 4.78 is 0. The van der Waals surface area contributed by atoms with Crippen molar-refractivity contribution in [3.05, 3.63) is 107 Å². The average molecular weight is 462 g/mol. The molecule has 12 nitrogen and oxygen atoms in total. The number of fused-ring (bicyclic) bond motifs is 3. The van der Waals surface area contributed by atoms with Crippen molar-refractivity contribution in [2.24, 2.45) is 0 Å². The van der Waals surface area contributed by atoms with E-state index < -0.39 is 55.1 Å². The van der Waals surface area contributed by atoms with Crippen LogP contribution < -0.4 is 5.32 Å². The van der Waals surface area contributed by atoms with Gasteiger partial charge in [0.2, 0.25) is 0 Å². The van der Waals surface area contributed by atoms with Crippen LogP contribution in [-0.4, -0.2) is 26.5 Å². The smallest absolute Gasteiger partial charge is 0.285 e. The SMILES string of the molecule is CC(NC(=O)c1cc2c(c([N+](=O)[O-])c1)-c1c(cc([N+](=O)[O-])cc1[N+](=O)[O-])C2=O)c1ccccc1. The van der Waals surface area contributed by atoms with Gasteiger partial charge < -0.3 is 5.32 Å². The molecule has 1 N–H and O–H groups in total. The number of ketones is 1. The molecule has 3 aromatic rings. The molecule has 1 amide bonds. The Morgan fingerprint density at radius 1 is 0.824 bits per heavy atom. The van der Waals surface area contributed by atoms with Crippen LogP contribution in [-0.2, 0) is 0 Å². The number of carbonyl (C=O) groups excluding carboxylic acids is 2. The second-order valence-electron chi connectivity index (χ2n) is 7.51. The summed E-state index contributed by atoms with van der Waals surface area (Å²) in [5, 5.41) is 37.3. The number of hydrogen-bond donors (Lipinski definition) is 1. The summed E-state index contributed by atoms with van der Waals surface area (Å²) in [4.78, 5) is 57.8. The topological polar surface area (TPSA) is 176 Å². The summed E-state index contributed by atoms with van der Waals surface area (Å²) in [6.07, 6.45) is 0. The highest BCUT2D eigenvalue weighted by Gasteiger charge is 2.41. The summed E-state index contributed by atoms with van der Waals surface area (Å²) in [5.41, 5.74) is -3.09. The van der Waals surface area contributed by atoms with Crippen LogP contribution in [0.3, 0.4) is 0 Å². The number of nitro benzene ring substituents is 3. The second-order valence-corrected chi connectivity index (χ2v) is 7.51. The van der Waals surface area contributed by atoms with Crippen molar-refractivity contribution in [3.8, 4) is 11.1 Å². The maximum Gasteiger partial charge on any atom is 0.285 e. The Labute approximate surface area is 190 Å². The first kappa shape index (κ1) is 22.2. The summed E-state index contributed by atoms with van der Waals surface area (Å²) in [6.45, 7) is 1.71. The van der Waals surface area contributed by atoms with E-state index in [2.05, 4.69) is 5.32 Å². The summed E-state index contributed by atoms with van der Waals surface area (Å²) in [6, 6.07) is 12.0. The molecule has 0 radical (unpaired) electrons. The van der Waals surface area contributed by atoms with E-state index in [1.165, 1.54) is 0 Å². The fourth-order valence-electron chi connectivity index (χ4n) is 3.90. The molecular weight excluding hydrogens is 448 g/mol. The van der Waals surface area contributed by atoms with E-state index >= 15 is 0 Å². The molecule has 0 bridgehead atoms. The van der Waals surface area contributed by atoms with Crippen LogP contribution in [0.4, 0.5) is 17.1 Å². The van der Waals surface area contributed by atoms with E-state index in [0.29, 0.717) is 6.07 Å². The Morgan fingerprint density at radius 2 is 1.38 bits per heavy atom. The fraction of sp³-hybridized carbons (Fsp3) is 0.0909. The lowest BCUT2D eigenvalue weighted by Gasteiger charge is -2.15. The first-order chi connectivity index (χ1) is 16.1. The Kier molecular flexibility index (Phi) is 5.33. The van der Waals surface area contributed by atoms with Crippen molar-refractivity contribution in [2.75, 3.05) is 0 Å². The summed E-state index contributed by atoms with van der Waals surface area (Å²) in [7, 11) is 0. The lowest BCUT2D eigenvalue weighted by molar-refractivity contribution is -0.394. The van der Waals surface area contributed by atoms with E-state index in [-0.39, 0.29) is 22.3 Å². The number of rotatable bonds is 6. The zero-order chi connectivity index (χ0) is 24.7. The van der Waals surface area contributed by atoms with Gasteiger partial charge in [0.1, 0.15) is 0 Å². The first-order valence-corrected chi connectivity index (χ1v) is 9.80. The Bertz CT molecular complexity index is 1420. The second kappa shape index (κ2) is 8.16. The predicted molar refractivity (Wildman–Crippen MR) is 118 cm³/mol. The van der Waals surface area contributed by atoms with Gasteiger partial charge >= 0.3 is 0 Å². The number of carbonyl (C=O) groups is 2. The molecule has 12 heteroatoms. The van der Waals surface area contributed by atoms with E-state index in [0.717, 1.165) is 23.8 Å². The van der Waals surface area contributed by atoms with Crippen LogP contribution in [0.5, 0.6) is 0 Å². The Morgan fingerprint density at radius 3 is 1.94 bits per heavy atom. The number of benzene rings is 3. The van der Waals surface area contributed by atoms with Crippen LogP contribution >= 0.6 is 0 Å². The fourth-order valence-corrected chi connectivity index (χ4v) is 3.90. The van der Waals surface area contributed by atoms with Crippen LogP contribution in [0.2, 0.25) is 0 Å². The van der Waals surface area contributed by atoms with Gasteiger partial charge in [-0.15, -0.1) is 0 Å². The van der Waals surface area contributed by atoms with Crippen molar-refractivity contribution in [1.29, 1.82) is 0 Å². The third-order valence-corrected chi connectivity index (χ3v) is 5.47. The maximum atomic E-state index is 13.0. The van der Waals surface area contributed by atoms with Crippen LogP contribution in [0.25, 0.3) is 11.1 Å². The van der Waals surface area contributed by atoms with Gasteiger partial charge in [-0.2, -0.15) is 0 Å². The zero-order valence-corrected chi connectivity index (χ0v) is 17.4. The molecule has 0 saturated carbocycles. The Balaban J connectivity index is 1.86. The maximum absolute atomic E-state index is 13.0. The molecule has 34 heavy (non-hydrogen) atoms. The van der Waals surface area contributed by atoms with Crippen LogP contribution in [0.1, 0.15) is 44.8 Å². The van der Waals surface area contributed by atoms with E-state index in [1.54, 1.807) is 37.3 Å². The molecule has 1 unspecified atom stereocenters. The largest absolute Gasteiger partial charge is 0.346 e. The van der Waals surface area contributed by atoms with Crippen LogP contribution in [0.15, 0.2) is 54.6 Å². The molecule has 0 saturated heterocycles. The number of nitro groups is 3. The van der Waals surface area contributed by atoms with Crippen molar-refractivity contribution >= 4 is 28.8 Å². The third kappa shape index (κ3) is 3.62. The zero-order valence-electron chi connectivity index (χ0n) is 17.4. The van der Waals surface area contributed by atoms with Gasteiger partial charge in [-0.3, -0.25) is 39.9 Å². The predicted octanol–water partition coefficient (Wildman–Crippen LogP) is 4.11. The summed E-state index contributed by atoms with van der Waals surface area (Å²) in [5.74, 6) is -1.59. The van der Waals surface area contributed by atoms with E-state index in [1.807, 2.05) is 0 Å². The molecule has 1 aliphatic carbocycles. The number of amides is 1. The molecule has 0 fully saturated rings. The number of nitrogens with zero attached hydrogens (tertiary/aromatic N) is 3. The average Bonchev–Trinajstić information content (AvgIpc) is 3.10. The molecule has 0 spiro atoms. The highest BCUT2D eigenvalue weighted by molar-refractivity contribution is 6.25. The normalized spacial score (nSPS) is 12.4. The molecule has 3 aromatic carbocycles. The minimum atomic E-state index is -0.944. The van der Waals surface area contributed by atoms with Gasteiger partial charge in [0.15, 0.2) is 5.78 Å². The molecule has 4 rings (SSSR count). The van der Waals surface area contributed by atoms with Gasteiger partial charge in [-0.25, -0.2) is 0 Å². The molecule has 1 aliphatic rings. The number of hydrogen-bond acceptors (Lipinski definition) is 8. The van der Waals surface area contributed by atoms with E-state index in [9.17, 15) is 39.9 Å². The molecule has 1 atom stereocenters. The van der Waals surface area contributed by atoms with Crippen molar-refractivity contribution < 1.29 is 24.4 Å². The third-order valence-electron chi connectivity index (χ3n) is 5.47. The molecule has 0 heterocycles. The molecule has 0 aromatic heterocycles. The van der Waals surface area contributed by atoms with Crippen molar-refractivity contribution in [3.63, 3.8) is 0 Å². The highest BCUT2D eigenvalue weighted by atomic mass is 16.6. The standard InChI is InChI=1S/C22H14N4O8/c1-11(12-5-3-2-4-6-12)23-22(28)13-7-15-19(17(8-13)25(31)32)20-16(21(15)27)9-14(24(29)30)10-18(20)26(33)34/h2-11H,1H3,(H,23,28). The summed E-state index contributed by atoms with van der Waals surface area (Å²) >= 11 is 0. The first-order valence-electron chi connectivity index (χ1n) is 9.80. The number of non-ortho nitro benzene ring substituents is 1. The minimum absolute atomic E-state index is 0.202. The van der Waals surface area contributed by atoms with Gasteiger partial charge in [-0.1, -0.05) is 30.3 Å². The number of nitrogens with one attached hydrogen (secondary N) is 1. The highest BCUT2D eigenvalue weighted by Crippen LogP contribution is 2.48. The molecule has 0 aliphatic heterocycles. The quantitative estimate of drug-likeness (QED) is 0.329. The monoisotopic (exact) mass is 462 g/mol. The molecular formula is C22H14N4O8. The lowest BCUT2D eigenvalue weighted by atomic mass is 9.98. The molecule has 170 valence electrons. The van der Waals surface area contributed by atoms with Gasteiger partial charge in [0.05, 0.1) is 38.0 Å². The Hall–Kier alpha value is -5.00. The van der Waals surface area contributed by atoms with Crippen molar-refractivity contribution in [2.45, 2.75) is 13.0 Å². The van der Waals surface area contributed by atoms with Gasteiger partial charge in [-0.05, 0) is 18.6 Å². The lowest BCUT2D eigenvalue weighted by Crippen LogP contribution is -2.27. The van der Waals surface area contributed by atoms with E-state index in [4.69, 9.17) is 0 Å². The van der Waals surface area contributed by atoms with Crippen molar-refractivity contribution in [1.82, 2.24) is 5.32 Å². The van der Waals surface area contributed by atoms with Crippen LogP contribution in [0, 0.1) is 30.3 Å².